The molecule has 1 saturated heterocycles. The zero-order valence-electron chi connectivity index (χ0n) is 23.1. The van der Waals surface area contributed by atoms with Gasteiger partial charge in [0.1, 0.15) is 6.54 Å². The summed E-state index contributed by atoms with van der Waals surface area (Å²) in [5.41, 5.74) is 5.31. The maximum atomic E-state index is 13.9. The number of halogens is 1. The molecule has 2 aromatic carbocycles. The Morgan fingerprint density at radius 1 is 1.03 bits per heavy atom. The molecule has 2 fully saturated rings. The Balaban J connectivity index is 1.38. The van der Waals surface area contributed by atoms with Crippen LogP contribution < -0.4 is 0 Å². The van der Waals surface area contributed by atoms with Gasteiger partial charge < -0.3 is 9.64 Å². The molecule has 39 heavy (non-hydrogen) atoms. The van der Waals surface area contributed by atoms with Crippen LogP contribution in [0.5, 0.6) is 0 Å². The maximum absolute atomic E-state index is 13.9. The summed E-state index contributed by atoms with van der Waals surface area (Å²) in [4.78, 5) is 31.6. The van der Waals surface area contributed by atoms with E-state index in [-0.39, 0.29) is 30.3 Å². The molecule has 0 radical (unpaired) electrons. The van der Waals surface area contributed by atoms with E-state index in [1.807, 2.05) is 24.3 Å². The van der Waals surface area contributed by atoms with Gasteiger partial charge in [0.15, 0.2) is 0 Å². The smallest absolute Gasteiger partial charge is 0.262 e. The van der Waals surface area contributed by atoms with Gasteiger partial charge in [0.25, 0.3) is 5.91 Å². The van der Waals surface area contributed by atoms with Crippen molar-refractivity contribution in [2.45, 2.75) is 52.0 Å². The molecule has 8 heteroatoms. The molecule has 7 nitrogen and oxygen atoms in total. The quantitative estimate of drug-likeness (QED) is 0.465. The lowest BCUT2D eigenvalue weighted by Gasteiger charge is -2.32. The molecule has 1 saturated carbocycles. The molecule has 2 heterocycles. The fourth-order valence-electron chi connectivity index (χ4n) is 5.80. The van der Waals surface area contributed by atoms with Crippen molar-refractivity contribution in [1.29, 1.82) is 0 Å². The molecule has 1 atom stereocenters. The van der Waals surface area contributed by atoms with Crippen LogP contribution in [0.1, 0.15) is 60.4 Å². The van der Waals surface area contributed by atoms with Crippen LogP contribution in [0.25, 0.3) is 0 Å². The van der Waals surface area contributed by atoms with Gasteiger partial charge in [-0.05, 0) is 67.1 Å². The number of nitrogens with zero attached hydrogens (tertiary/aromatic N) is 4. The van der Waals surface area contributed by atoms with Crippen molar-refractivity contribution in [2.24, 2.45) is 11.0 Å². The van der Waals surface area contributed by atoms with Gasteiger partial charge in [0.05, 0.1) is 25.0 Å². The fourth-order valence-corrected chi connectivity index (χ4v) is 5.93. The van der Waals surface area contributed by atoms with Crippen LogP contribution >= 0.6 is 11.6 Å². The molecule has 208 valence electrons. The molecule has 0 unspecified atom stereocenters. The van der Waals surface area contributed by atoms with Crippen molar-refractivity contribution in [3.8, 4) is 0 Å². The summed E-state index contributed by atoms with van der Waals surface area (Å²) in [5.74, 6) is -0.0282. The second kappa shape index (κ2) is 12.6. The lowest BCUT2D eigenvalue weighted by molar-refractivity contribution is -0.144. The normalized spacial score (nSPS) is 20.3. The largest absolute Gasteiger partial charge is 0.379 e. The first-order valence-corrected chi connectivity index (χ1v) is 14.6. The highest BCUT2D eigenvalue weighted by atomic mass is 35.5. The minimum absolute atomic E-state index is 0.0164. The van der Waals surface area contributed by atoms with Crippen molar-refractivity contribution in [3.05, 3.63) is 69.7 Å². The van der Waals surface area contributed by atoms with E-state index in [0.717, 1.165) is 62.2 Å². The minimum atomic E-state index is -0.242. The van der Waals surface area contributed by atoms with Crippen LogP contribution in [0, 0.1) is 19.8 Å². The summed E-state index contributed by atoms with van der Waals surface area (Å²) in [6.07, 6.45) is 4.59. The maximum Gasteiger partial charge on any atom is 0.262 e. The number of aryl methyl sites for hydroxylation is 2. The lowest BCUT2D eigenvalue weighted by atomic mass is 9.96. The Morgan fingerprint density at radius 3 is 2.44 bits per heavy atom. The lowest BCUT2D eigenvalue weighted by Crippen LogP contribution is -2.47. The van der Waals surface area contributed by atoms with Gasteiger partial charge in [-0.1, -0.05) is 48.7 Å². The predicted octanol–water partition coefficient (Wildman–Crippen LogP) is 4.99. The highest BCUT2D eigenvalue weighted by Crippen LogP contribution is 2.34. The second-order valence-electron chi connectivity index (χ2n) is 11.1. The molecule has 0 aromatic heterocycles. The summed E-state index contributed by atoms with van der Waals surface area (Å²) in [5, 5.41) is 7.13. The van der Waals surface area contributed by atoms with E-state index in [0.29, 0.717) is 31.2 Å². The standard InChI is InChI=1S/C31H39ClN4O3/c1-22-7-8-26(19-23(22)2)28-20-29(24-9-11-27(32)12-10-24)36(33-28)30(37)21-35(31(38)25-5-3-4-6-25)14-13-34-15-17-39-18-16-34/h7-12,19,25,29H,3-6,13-18,20-21H2,1-2H3/t29-/m1/s1. The Bertz CT molecular complexity index is 1200. The molecule has 0 spiro atoms. The van der Waals surface area contributed by atoms with Crippen LogP contribution in [-0.2, 0) is 14.3 Å². The van der Waals surface area contributed by atoms with Gasteiger partial charge in [0.2, 0.25) is 5.91 Å². The summed E-state index contributed by atoms with van der Waals surface area (Å²) < 4.78 is 5.48. The van der Waals surface area contributed by atoms with Gasteiger partial charge in [0, 0.05) is 43.5 Å². The second-order valence-corrected chi connectivity index (χ2v) is 11.5. The number of hydrogen-bond donors (Lipinski definition) is 0. The SMILES string of the molecule is Cc1ccc(C2=NN(C(=O)CN(CCN3CCOCC3)C(=O)C3CCCC3)[C@@H](c3ccc(Cl)cc3)C2)cc1C. The molecular formula is C31H39ClN4O3. The first kappa shape index (κ1) is 27.8. The van der Waals surface area contributed by atoms with E-state index in [2.05, 4.69) is 36.9 Å². The zero-order chi connectivity index (χ0) is 27.4. The molecule has 0 bridgehead atoms. The van der Waals surface area contributed by atoms with Crippen LogP contribution in [0.3, 0.4) is 0 Å². The Hall–Kier alpha value is -2.74. The number of carbonyl (C=O) groups excluding carboxylic acids is 2. The minimum Gasteiger partial charge on any atom is -0.379 e. The van der Waals surface area contributed by atoms with Crippen LogP contribution in [0.15, 0.2) is 47.6 Å². The molecule has 0 N–H and O–H groups in total. The number of morpholine rings is 1. The number of rotatable bonds is 8. The van der Waals surface area contributed by atoms with Crippen molar-refractivity contribution in [1.82, 2.24) is 14.8 Å². The molecule has 2 aliphatic heterocycles. The van der Waals surface area contributed by atoms with E-state index < -0.39 is 0 Å². The van der Waals surface area contributed by atoms with Crippen LogP contribution in [0.2, 0.25) is 5.02 Å². The van der Waals surface area contributed by atoms with Crippen molar-refractivity contribution in [3.63, 3.8) is 0 Å². The van der Waals surface area contributed by atoms with Gasteiger partial charge in [-0.15, -0.1) is 0 Å². The summed E-state index contributed by atoms with van der Waals surface area (Å²) in [7, 11) is 0. The highest BCUT2D eigenvalue weighted by Gasteiger charge is 2.36. The van der Waals surface area contributed by atoms with E-state index in [1.54, 1.807) is 9.91 Å². The van der Waals surface area contributed by atoms with E-state index in [1.165, 1.54) is 11.1 Å². The number of ether oxygens (including phenoxy) is 1. The summed E-state index contributed by atoms with van der Waals surface area (Å²) >= 11 is 6.17. The number of hydrogen-bond acceptors (Lipinski definition) is 5. The van der Waals surface area contributed by atoms with E-state index in [4.69, 9.17) is 21.4 Å². The Morgan fingerprint density at radius 2 is 1.74 bits per heavy atom. The molecule has 1 aliphatic carbocycles. The molecule has 3 aliphatic rings. The number of amides is 2. The molecule has 2 amide bonds. The van der Waals surface area contributed by atoms with Gasteiger partial charge in [-0.25, -0.2) is 5.01 Å². The van der Waals surface area contributed by atoms with Gasteiger partial charge in [-0.2, -0.15) is 5.10 Å². The molecule has 2 aromatic rings. The average Bonchev–Trinajstić information content (AvgIpc) is 3.64. The average molecular weight is 551 g/mol. The van der Waals surface area contributed by atoms with Crippen molar-refractivity contribution in [2.75, 3.05) is 45.9 Å². The van der Waals surface area contributed by atoms with Crippen LogP contribution in [-0.4, -0.2) is 78.3 Å². The highest BCUT2D eigenvalue weighted by molar-refractivity contribution is 6.30. The Labute approximate surface area is 236 Å². The molecule has 5 rings (SSSR count). The first-order valence-electron chi connectivity index (χ1n) is 14.2. The van der Waals surface area contributed by atoms with Gasteiger partial charge in [-0.3, -0.25) is 14.5 Å². The number of carbonyl (C=O) groups is 2. The topological polar surface area (TPSA) is 65.5 Å². The van der Waals surface area contributed by atoms with E-state index >= 15 is 0 Å². The van der Waals surface area contributed by atoms with E-state index in [9.17, 15) is 9.59 Å². The Kier molecular flexibility index (Phi) is 9.00. The predicted molar refractivity (Wildman–Crippen MR) is 154 cm³/mol. The summed E-state index contributed by atoms with van der Waals surface area (Å²) in [6, 6.07) is 13.7. The fraction of sp³-hybridized carbons (Fsp3) is 0.516. The summed E-state index contributed by atoms with van der Waals surface area (Å²) in [6.45, 7) is 8.63. The first-order chi connectivity index (χ1) is 18.9. The third-order valence-electron chi connectivity index (χ3n) is 8.39. The number of benzene rings is 2. The zero-order valence-corrected chi connectivity index (χ0v) is 23.8. The third-order valence-corrected chi connectivity index (χ3v) is 8.64. The van der Waals surface area contributed by atoms with Gasteiger partial charge >= 0.3 is 0 Å². The monoisotopic (exact) mass is 550 g/mol. The molecular weight excluding hydrogens is 512 g/mol. The van der Waals surface area contributed by atoms with Crippen molar-refractivity contribution >= 4 is 29.1 Å². The number of hydrazone groups is 1. The van der Waals surface area contributed by atoms with Crippen LogP contribution in [0.4, 0.5) is 0 Å². The van der Waals surface area contributed by atoms with Crippen molar-refractivity contribution < 1.29 is 14.3 Å². The third kappa shape index (κ3) is 6.71.